The molecule has 1 amide bonds. The molecule has 5 aromatic rings. The Bertz CT molecular complexity index is 1780. The van der Waals surface area contributed by atoms with Crippen LogP contribution in [-0.2, 0) is 13.2 Å². The van der Waals surface area contributed by atoms with Crippen molar-refractivity contribution >= 4 is 55.6 Å². The van der Waals surface area contributed by atoms with Crippen LogP contribution >= 0.6 is 43.5 Å². The van der Waals surface area contributed by atoms with Gasteiger partial charge in [0.05, 0.1) is 13.3 Å². The highest BCUT2D eigenvalue weighted by molar-refractivity contribution is 9.10. The van der Waals surface area contributed by atoms with Crippen LogP contribution in [0.4, 0.5) is 0 Å². The lowest BCUT2D eigenvalue weighted by molar-refractivity contribution is 0.0923. The van der Waals surface area contributed by atoms with Crippen molar-refractivity contribution in [2.45, 2.75) is 27.1 Å². The second-order valence-electron chi connectivity index (χ2n) is 9.74. The molecule has 0 unspecified atom stereocenters. The molecule has 2 heterocycles. The molecule has 44 heavy (non-hydrogen) atoms. The van der Waals surface area contributed by atoms with Crippen LogP contribution in [0.2, 0.25) is 5.02 Å². The number of carbonyl (C=O) groups is 1. The second-order valence-corrected chi connectivity index (χ2v) is 11.8. The first-order valence-corrected chi connectivity index (χ1v) is 15.4. The van der Waals surface area contributed by atoms with E-state index < -0.39 is 5.91 Å². The number of hydrogen-bond acceptors (Lipinski definition) is 6. The molecule has 0 saturated heterocycles. The molecule has 0 spiro atoms. The Morgan fingerprint density at radius 2 is 1.66 bits per heavy atom. The lowest BCUT2D eigenvalue weighted by Crippen LogP contribution is -2.16. The average Bonchev–Trinajstić information content (AvgIpc) is 3.64. The number of nitrogens with zero attached hydrogens (tertiary/aromatic N) is 2. The predicted octanol–water partition coefficient (Wildman–Crippen LogP) is 8.80. The number of methoxy groups -OCH3 is 1. The Balaban J connectivity index is 1.17. The van der Waals surface area contributed by atoms with Crippen molar-refractivity contribution in [2.24, 2.45) is 5.10 Å². The van der Waals surface area contributed by atoms with E-state index in [4.69, 9.17) is 30.2 Å². The molecule has 3 aromatic carbocycles. The van der Waals surface area contributed by atoms with Gasteiger partial charge < -0.3 is 23.2 Å². The Labute approximate surface area is 276 Å². The molecule has 1 N–H and O–H groups in total. The number of rotatable bonds is 11. The number of aromatic nitrogens is 1. The summed E-state index contributed by atoms with van der Waals surface area (Å²) in [5, 5.41) is 4.38. The summed E-state index contributed by atoms with van der Waals surface area (Å²) in [6, 6.07) is 24.7. The van der Waals surface area contributed by atoms with Crippen molar-refractivity contribution < 1.29 is 23.4 Å². The highest BCUT2D eigenvalue weighted by Gasteiger charge is 2.18. The molecular formula is C33H28Br2ClN3O5. The zero-order valence-corrected chi connectivity index (χ0v) is 28.0. The number of hydrazone groups is 1. The molecule has 11 heteroatoms. The first kappa shape index (κ1) is 31.4. The van der Waals surface area contributed by atoms with Crippen LogP contribution in [0.3, 0.4) is 0 Å². The van der Waals surface area contributed by atoms with E-state index in [1.165, 1.54) is 13.3 Å². The van der Waals surface area contributed by atoms with E-state index in [9.17, 15) is 4.79 Å². The van der Waals surface area contributed by atoms with E-state index >= 15 is 0 Å². The third-order valence-corrected chi connectivity index (χ3v) is 8.65. The summed E-state index contributed by atoms with van der Waals surface area (Å²) in [7, 11) is 1.52. The summed E-state index contributed by atoms with van der Waals surface area (Å²) in [4.78, 5) is 12.7. The fraction of sp³-hybridized carbons (Fsp3) is 0.152. The molecule has 0 radical (unpaired) electrons. The van der Waals surface area contributed by atoms with Crippen LogP contribution in [0.1, 0.15) is 38.8 Å². The summed E-state index contributed by atoms with van der Waals surface area (Å²) in [5.74, 6) is 1.57. The largest absolute Gasteiger partial charge is 0.493 e. The molecule has 0 atom stereocenters. The first-order valence-electron chi connectivity index (χ1n) is 13.5. The maximum Gasteiger partial charge on any atom is 0.307 e. The molecule has 0 aliphatic rings. The van der Waals surface area contributed by atoms with Gasteiger partial charge in [0.2, 0.25) is 0 Å². The third-order valence-electron chi connectivity index (χ3n) is 6.67. The van der Waals surface area contributed by atoms with Gasteiger partial charge in [-0.2, -0.15) is 5.10 Å². The SMILES string of the molecule is COc1cc(/C=N/NC(=O)c2ccc(COc3ccc(-n4c(C)ccc4C)cc3)o2)c(Br)c(Cl)c1OCc1ccc(Br)cc1. The molecule has 5 rings (SSSR count). The molecule has 2 aromatic heterocycles. The van der Waals surface area contributed by atoms with Gasteiger partial charge in [-0.3, -0.25) is 4.79 Å². The van der Waals surface area contributed by atoms with Gasteiger partial charge in [0.1, 0.15) is 29.7 Å². The van der Waals surface area contributed by atoms with E-state index in [0.29, 0.717) is 44.7 Å². The maximum atomic E-state index is 12.7. The highest BCUT2D eigenvalue weighted by atomic mass is 79.9. The van der Waals surface area contributed by atoms with Crippen molar-refractivity contribution in [3.63, 3.8) is 0 Å². The minimum atomic E-state index is -0.516. The van der Waals surface area contributed by atoms with E-state index in [0.717, 1.165) is 27.1 Å². The molecule has 0 bridgehead atoms. The Morgan fingerprint density at radius 1 is 0.955 bits per heavy atom. The number of hydrogen-bond donors (Lipinski definition) is 1. The minimum absolute atomic E-state index is 0.0982. The molecular weight excluding hydrogens is 714 g/mol. The van der Waals surface area contributed by atoms with Gasteiger partial charge in [-0.05, 0) is 102 Å². The molecule has 0 aliphatic carbocycles. The molecule has 0 aliphatic heterocycles. The van der Waals surface area contributed by atoms with Gasteiger partial charge in [-0.15, -0.1) is 0 Å². The number of furan rings is 1. The van der Waals surface area contributed by atoms with Crippen molar-refractivity contribution in [2.75, 3.05) is 7.11 Å². The highest BCUT2D eigenvalue weighted by Crippen LogP contribution is 2.42. The van der Waals surface area contributed by atoms with E-state index in [2.05, 4.69) is 72.9 Å². The summed E-state index contributed by atoms with van der Waals surface area (Å²) in [6.45, 7) is 4.60. The molecule has 226 valence electrons. The lowest BCUT2D eigenvalue weighted by Gasteiger charge is -2.15. The molecule has 8 nitrogen and oxygen atoms in total. The van der Waals surface area contributed by atoms with E-state index in [1.54, 1.807) is 18.2 Å². The van der Waals surface area contributed by atoms with E-state index in [1.807, 2.05) is 48.5 Å². The number of aryl methyl sites for hydroxylation is 2. The number of ether oxygens (including phenoxy) is 3. The van der Waals surface area contributed by atoms with Gasteiger partial charge in [0.25, 0.3) is 0 Å². The number of carbonyl (C=O) groups excluding carboxylic acids is 1. The van der Waals surface area contributed by atoms with Crippen molar-refractivity contribution in [1.29, 1.82) is 0 Å². The number of benzene rings is 3. The van der Waals surface area contributed by atoms with Crippen LogP contribution in [-0.4, -0.2) is 23.8 Å². The lowest BCUT2D eigenvalue weighted by atomic mass is 10.2. The average molecular weight is 742 g/mol. The number of amides is 1. The summed E-state index contributed by atoms with van der Waals surface area (Å²) in [6.07, 6.45) is 1.45. The van der Waals surface area contributed by atoms with Crippen LogP contribution in [0, 0.1) is 13.8 Å². The predicted molar refractivity (Wildman–Crippen MR) is 178 cm³/mol. The summed E-state index contributed by atoms with van der Waals surface area (Å²) in [5.41, 5.74) is 7.39. The zero-order valence-electron chi connectivity index (χ0n) is 24.1. The van der Waals surface area contributed by atoms with Crippen LogP contribution in [0.25, 0.3) is 5.69 Å². The van der Waals surface area contributed by atoms with Gasteiger partial charge >= 0.3 is 5.91 Å². The third kappa shape index (κ3) is 7.38. The van der Waals surface area contributed by atoms with E-state index in [-0.39, 0.29) is 12.4 Å². The van der Waals surface area contributed by atoms with Gasteiger partial charge in [0, 0.05) is 31.6 Å². The normalized spacial score (nSPS) is 11.1. The first-order chi connectivity index (χ1) is 21.2. The number of nitrogens with one attached hydrogen (secondary N) is 1. The van der Waals surface area contributed by atoms with Gasteiger partial charge in [0.15, 0.2) is 17.3 Å². The Kier molecular flexibility index (Phi) is 10.1. The smallest absolute Gasteiger partial charge is 0.307 e. The van der Waals surface area contributed by atoms with Crippen molar-refractivity contribution in [3.8, 4) is 22.9 Å². The Hall–Kier alpha value is -3.99. The minimum Gasteiger partial charge on any atom is -0.493 e. The fourth-order valence-corrected chi connectivity index (χ4v) is 5.35. The van der Waals surface area contributed by atoms with Crippen LogP contribution in [0.5, 0.6) is 17.2 Å². The quantitative estimate of drug-likeness (QED) is 0.108. The zero-order chi connectivity index (χ0) is 31.2. The second kappa shape index (κ2) is 14.2. The Morgan fingerprint density at radius 3 is 2.34 bits per heavy atom. The molecule has 0 saturated carbocycles. The van der Waals surface area contributed by atoms with Gasteiger partial charge in [-0.25, -0.2) is 5.43 Å². The topological polar surface area (TPSA) is 87.2 Å². The standard InChI is InChI=1S/C33H28Br2ClN3O5/c1-20-4-5-21(2)39(20)25-10-12-26(13-11-25)42-19-27-14-15-28(44-27)33(40)38-37-17-23-16-29(41-3)32(31(36)30(23)35)43-18-22-6-8-24(34)9-7-22/h4-17H,18-19H2,1-3H3,(H,38,40)/b37-17+. The van der Waals surface area contributed by atoms with Crippen LogP contribution < -0.4 is 19.6 Å². The summed E-state index contributed by atoms with van der Waals surface area (Å²) < 4.78 is 26.7. The van der Waals surface area contributed by atoms with Crippen molar-refractivity contribution in [1.82, 2.24) is 9.99 Å². The van der Waals surface area contributed by atoms with Crippen molar-refractivity contribution in [3.05, 3.63) is 127 Å². The van der Waals surface area contributed by atoms with Crippen LogP contribution in [0.15, 0.2) is 97.3 Å². The number of halogens is 3. The fourth-order valence-electron chi connectivity index (χ4n) is 4.44. The monoisotopic (exact) mass is 739 g/mol. The van der Waals surface area contributed by atoms with Gasteiger partial charge in [-0.1, -0.05) is 39.7 Å². The maximum absolute atomic E-state index is 12.7. The molecule has 0 fully saturated rings. The summed E-state index contributed by atoms with van der Waals surface area (Å²) >= 11 is 13.5.